The van der Waals surface area contributed by atoms with Crippen molar-refractivity contribution in [3.8, 4) is 0 Å². The average molecular weight is 396 g/mol. The van der Waals surface area contributed by atoms with Gasteiger partial charge in [0.2, 0.25) is 0 Å². The molecule has 4 unspecified atom stereocenters. The zero-order valence-electron chi connectivity index (χ0n) is 18.6. The standard InChI is InChI=1S/C26H37NO2/c1-5-15-27-16-12-19-7-9-23-22-8-6-20-17-21(29-18(2)28)10-13-26(20,4)24(22)11-14-25(19,23)3/h5-7,15-16,21-24H,8-14,17H2,1-4H3/b15-5-,27-16?/t21?,22?,23?,24?,25-,26+/m1/s1. The molecule has 158 valence electrons. The Hall–Kier alpha value is -1.64. The van der Waals surface area contributed by atoms with Crippen molar-refractivity contribution in [1.82, 2.24) is 0 Å². The van der Waals surface area contributed by atoms with E-state index in [4.69, 9.17) is 4.74 Å². The predicted molar refractivity (Wildman–Crippen MR) is 119 cm³/mol. The Kier molecular flexibility index (Phi) is 5.61. The molecule has 29 heavy (non-hydrogen) atoms. The quantitative estimate of drug-likeness (QED) is 0.313. The maximum absolute atomic E-state index is 11.4. The third-order valence-corrected chi connectivity index (χ3v) is 8.78. The number of carbonyl (C=O) groups is 1. The molecule has 3 heteroatoms. The van der Waals surface area contributed by atoms with Crippen LogP contribution in [0, 0.1) is 28.6 Å². The minimum absolute atomic E-state index is 0.0911. The number of aliphatic imine (C=N–C) groups is 1. The van der Waals surface area contributed by atoms with Crippen LogP contribution in [-0.4, -0.2) is 18.3 Å². The molecule has 0 saturated heterocycles. The number of allylic oxidation sites excluding steroid dienone is 4. The molecular weight excluding hydrogens is 358 g/mol. The molecule has 0 spiro atoms. The maximum atomic E-state index is 11.4. The van der Waals surface area contributed by atoms with E-state index < -0.39 is 0 Å². The fourth-order valence-corrected chi connectivity index (χ4v) is 7.23. The van der Waals surface area contributed by atoms with Crippen molar-refractivity contribution in [2.24, 2.45) is 33.6 Å². The van der Waals surface area contributed by atoms with Crippen molar-refractivity contribution in [3.05, 3.63) is 35.6 Å². The van der Waals surface area contributed by atoms with Crippen LogP contribution in [0.4, 0.5) is 0 Å². The van der Waals surface area contributed by atoms with Crippen LogP contribution in [-0.2, 0) is 9.53 Å². The average Bonchev–Trinajstić information content (AvgIpc) is 3.01. The van der Waals surface area contributed by atoms with Crippen molar-refractivity contribution in [1.29, 1.82) is 0 Å². The summed E-state index contributed by atoms with van der Waals surface area (Å²) in [6.45, 7) is 8.58. The highest BCUT2D eigenvalue weighted by atomic mass is 16.5. The Morgan fingerprint density at radius 2 is 1.97 bits per heavy atom. The first-order valence-electron chi connectivity index (χ1n) is 11.6. The van der Waals surface area contributed by atoms with Crippen molar-refractivity contribution in [3.63, 3.8) is 0 Å². The van der Waals surface area contributed by atoms with Gasteiger partial charge in [0.05, 0.1) is 0 Å². The van der Waals surface area contributed by atoms with Gasteiger partial charge in [0, 0.05) is 32.2 Å². The van der Waals surface area contributed by atoms with E-state index in [0.717, 1.165) is 43.4 Å². The summed E-state index contributed by atoms with van der Waals surface area (Å²) in [4.78, 5) is 15.8. The second-order valence-electron chi connectivity index (χ2n) is 10.2. The van der Waals surface area contributed by atoms with Gasteiger partial charge in [-0.2, -0.15) is 0 Å². The van der Waals surface area contributed by atoms with E-state index in [2.05, 4.69) is 37.2 Å². The number of ether oxygens (including phenoxy) is 1. The molecule has 2 fully saturated rings. The lowest BCUT2D eigenvalue weighted by Crippen LogP contribution is -2.50. The van der Waals surface area contributed by atoms with Gasteiger partial charge >= 0.3 is 5.97 Å². The van der Waals surface area contributed by atoms with E-state index in [1.165, 1.54) is 32.6 Å². The Labute approximate surface area is 176 Å². The highest BCUT2D eigenvalue weighted by Gasteiger charge is 2.56. The summed E-state index contributed by atoms with van der Waals surface area (Å²) in [5.74, 6) is 2.20. The summed E-state index contributed by atoms with van der Waals surface area (Å²) in [5.41, 5.74) is 3.84. The number of hydrogen-bond acceptors (Lipinski definition) is 3. The fraction of sp³-hybridized carbons (Fsp3) is 0.692. The molecule has 0 heterocycles. The van der Waals surface area contributed by atoms with Gasteiger partial charge in [0.25, 0.3) is 0 Å². The smallest absolute Gasteiger partial charge is 0.302 e. The van der Waals surface area contributed by atoms with Crippen molar-refractivity contribution in [2.45, 2.75) is 85.2 Å². The van der Waals surface area contributed by atoms with Gasteiger partial charge < -0.3 is 4.74 Å². The first-order valence-corrected chi connectivity index (χ1v) is 11.6. The molecule has 0 amide bonds. The van der Waals surface area contributed by atoms with Crippen LogP contribution in [0.2, 0.25) is 0 Å². The number of hydrogen-bond donors (Lipinski definition) is 0. The van der Waals surface area contributed by atoms with E-state index >= 15 is 0 Å². The number of nitrogens with zero attached hydrogens (tertiary/aromatic N) is 1. The monoisotopic (exact) mass is 395 g/mol. The number of rotatable bonds is 4. The number of esters is 1. The molecule has 0 aromatic carbocycles. The summed E-state index contributed by atoms with van der Waals surface area (Å²) in [6, 6.07) is 0. The summed E-state index contributed by atoms with van der Waals surface area (Å²) in [6.07, 6.45) is 20.3. The predicted octanol–water partition coefficient (Wildman–Crippen LogP) is 6.41. The largest absolute Gasteiger partial charge is 0.462 e. The van der Waals surface area contributed by atoms with Gasteiger partial charge in [0.15, 0.2) is 0 Å². The van der Waals surface area contributed by atoms with E-state index in [9.17, 15) is 4.79 Å². The molecule has 0 N–H and O–H groups in total. The normalized spacial score (nSPS) is 41.5. The van der Waals surface area contributed by atoms with Gasteiger partial charge in [-0.15, -0.1) is 0 Å². The third-order valence-electron chi connectivity index (χ3n) is 8.78. The van der Waals surface area contributed by atoms with E-state index in [1.807, 2.05) is 19.2 Å². The highest BCUT2D eigenvalue weighted by Crippen LogP contribution is 2.65. The number of fused-ring (bicyclic) bond motifs is 5. The molecule has 4 aliphatic carbocycles. The Bertz CT molecular complexity index is 776. The molecule has 4 aliphatic rings. The third kappa shape index (κ3) is 3.55. The van der Waals surface area contributed by atoms with Crippen molar-refractivity contribution in [2.75, 3.05) is 0 Å². The Morgan fingerprint density at radius 3 is 2.72 bits per heavy atom. The lowest BCUT2D eigenvalue weighted by atomic mass is 9.47. The number of carbonyl (C=O) groups excluding carboxylic acids is 1. The molecule has 0 aliphatic heterocycles. The summed E-state index contributed by atoms with van der Waals surface area (Å²) >= 11 is 0. The second-order valence-corrected chi connectivity index (χ2v) is 10.2. The summed E-state index contributed by atoms with van der Waals surface area (Å²) in [7, 11) is 0. The Morgan fingerprint density at radius 1 is 1.17 bits per heavy atom. The molecule has 0 aromatic rings. The maximum Gasteiger partial charge on any atom is 0.302 e. The summed E-state index contributed by atoms with van der Waals surface area (Å²) in [5, 5.41) is 0. The van der Waals surface area contributed by atoms with Gasteiger partial charge in [-0.3, -0.25) is 9.79 Å². The van der Waals surface area contributed by atoms with E-state index in [0.29, 0.717) is 10.8 Å². The first-order chi connectivity index (χ1) is 13.9. The zero-order valence-corrected chi connectivity index (χ0v) is 18.6. The van der Waals surface area contributed by atoms with Gasteiger partial charge in [0.1, 0.15) is 6.10 Å². The van der Waals surface area contributed by atoms with Crippen LogP contribution in [0.5, 0.6) is 0 Å². The SMILES string of the molecule is C/C=C\N=CCC1=CCC2C3CC=C4CC(OC(C)=O)CC[C@]4(C)C3CC[C@]12C. The molecular formula is C26H37NO2. The van der Waals surface area contributed by atoms with Crippen LogP contribution < -0.4 is 0 Å². The highest BCUT2D eigenvalue weighted by molar-refractivity contribution is 5.66. The van der Waals surface area contributed by atoms with Crippen LogP contribution in [0.15, 0.2) is 40.6 Å². The van der Waals surface area contributed by atoms with Crippen LogP contribution in [0.25, 0.3) is 0 Å². The topological polar surface area (TPSA) is 38.7 Å². The first kappa shape index (κ1) is 20.6. The lowest BCUT2D eigenvalue weighted by molar-refractivity contribution is -0.148. The molecule has 2 saturated carbocycles. The van der Waals surface area contributed by atoms with E-state index in [1.54, 1.807) is 11.1 Å². The molecule has 4 rings (SSSR count). The zero-order chi connectivity index (χ0) is 20.6. The molecule has 0 radical (unpaired) electrons. The second kappa shape index (κ2) is 7.89. The Balaban J connectivity index is 1.51. The summed E-state index contributed by atoms with van der Waals surface area (Å²) < 4.78 is 5.57. The molecule has 6 atom stereocenters. The molecule has 3 nitrogen and oxygen atoms in total. The van der Waals surface area contributed by atoms with Crippen LogP contribution >= 0.6 is 0 Å². The van der Waals surface area contributed by atoms with Crippen molar-refractivity contribution < 1.29 is 9.53 Å². The van der Waals surface area contributed by atoms with Gasteiger partial charge in [-0.05, 0) is 74.0 Å². The fourth-order valence-electron chi connectivity index (χ4n) is 7.23. The minimum Gasteiger partial charge on any atom is -0.462 e. The van der Waals surface area contributed by atoms with Crippen LogP contribution in [0.3, 0.4) is 0 Å². The molecule has 0 bridgehead atoms. The van der Waals surface area contributed by atoms with Gasteiger partial charge in [-0.1, -0.05) is 43.2 Å². The van der Waals surface area contributed by atoms with Gasteiger partial charge in [-0.25, -0.2) is 0 Å². The van der Waals surface area contributed by atoms with Crippen molar-refractivity contribution >= 4 is 12.2 Å². The van der Waals surface area contributed by atoms with Crippen LogP contribution in [0.1, 0.15) is 79.1 Å². The minimum atomic E-state index is -0.135. The van der Waals surface area contributed by atoms with E-state index in [-0.39, 0.29) is 12.1 Å². The molecule has 0 aromatic heterocycles. The lowest BCUT2D eigenvalue weighted by Gasteiger charge is -2.57.